The second-order valence-electron chi connectivity index (χ2n) is 7.23. The first-order chi connectivity index (χ1) is 14.6. The number of oxazole rings is 1. The van der Waals surface area contributed by atoms with E-state index in [1.165, 1.54) is 4.57 Å². The first-order valence-corrected chi connectivity index (χ1v) is 9.73. The molecule has 4 aromatic rings. The molecule has 0 amide bonds. The van der Waals surface area contributed by atoms with Crippen molar-refractivity contribution in [1.29, 1.82) is 0 Å². The van der Waals surface area contributed by atoms with Crippen molar-refractivity contribution in [3.05, 3.63) is 71.1 Å². The van der Waals surface area contributed by atoms with E-state index in [0.29, 0.717) is 36.0 Å². The van der Waals surface area contributed by atoms with E-state index < -0.39 is 5.76 Å². The second-order valence-corrected chi connectivity index (χ2v) is 7.23. The van der Waals surface area contributed by atoms with Crippen molar-refractivity contribution in [2.75, 3.05) is 27.2 Å². The average Bonchev–Trinajstić information content (AvgIpc) is 3.07. The minimum Gasteiger partial charge on any atom is -0.490 e. The summed E-state index contributed by atoms with van der Waals surface area (Å²) in [4.78, 5) is 27.4. The molecule has 3 aromatic heterocycles. The third-order valence-electron chi connectivity index (χ3n) is 4.60. The fraction of sp³-hybridized carbons (Fsp3) is 0.273. The number of hydrogen-bond donors (Lipinski definition) is 0. The lowest BCUT2D eigenvalue weighted by Crippen LogP contribution is -2.15. The van der Waals surface area contributed by atoms with Crippen molar-refractivity contribution >= 4 is 11.2 Å². The molecule has 8 nitrogen and oxygen atoms in total. The van der Waals surface area contributed by atoms with Gasteiger partial charge in [-0.05, 0) is 44.3 Å². The third kappa shape index (κ3) is 4.55. The zero-order valence-corrected chi connectivity index (χ0v) is 17.0. The molecule has 4 rings (SSSR count). The van der Waals surface area contributed by atoms with Crippen LogP contribution < -0.4 is 10.5 Å². The van der Waals surface area contributed by atoms with Crippen LogP contribution >= 0.6 is 0 Å². The van der Waals surface area contributed by atoms with Crippen molar-refractivity contribution in [3.8, 4) is 17.1 Å². The predicted molar refractivity (Wildman–Crippen MR) is 114 cm³/mol. The molecule has 0 aliphatic heterocycles. The van der Waals surface area contributed by atoms with Gasteiger partial charge in [0.05, 0.1) is 25.5 Å². The number of benzene rings is 1. The summed E-state index contributed by atoms with van der Waals surface area (Å²) in [6.07, 6.45) is 5.95. The largest absolute Gasteiger partial charge is 0.490 e. The monoisotopic (exact) mass is 405 g/mol. The van der Waals surface area contributed by atoms with Crippen LogP contribution in [0.4, 0.5) is 0 Å². The fourth-order valence-corrected chi connectivity index (χ4v) is 3.14. The van der Waals surface area contributed by atoms with Crippen LogP contribution in [-0.2, 0) is 6.54 Å². The van der Waals surface area contributed by atoms with Gasteiger partial charge in [0.25, 0.3) is 0 Å². The minimum atomic E-state index is -0.430. The standard InChI is InChI=1S/C22H23N5O3/c1-26(2)10-5-11-29-18-13-24-20(25-14-18)17-7-3-6-16(12-17)15-27-21-19(30-22(27)28)8-4-9-23-21/h3-4,6-9,12-14H,5,10-11,15H2,1-2H3. The minimum absolute atomic E-state index is 0.351. The Morgan fingerprint density at radius 3 is 2.73 bits per heavy atom. The third-order valence-corrected chi connectivity index (χ3v) is 4.60. The molecule has 154 valence electrons. The van der Waals surface area contributed by atoms with E-state index in [4.69, 9.17) is 9.15 Å². The molecule has 3 heterocycles. The first kappa shape index (κ1) is 19.8. The van der Waals surface area contributed by atoms with Gasteiger partial charge in [-0.1, -0.05) is 18.2 Å². The van der Waals surface area contributed by atoms with E-state index in [0.717, 1.165) is 24.1 Å². The lowest BCUT2D eigenvalue weighted by atomic mass is 10.1. The van der Waals surface area contributed by atoms with Crippen molar-refractivity contribution in [2.45, 2.75) is 13.0 Å². The topological polar surface area (TPSA) is 86.3 Å². The van der Waals surface area contributed by atoms with Crippen LogP contribution in [-0.4, -0.2) is 51.7 Å². The van der Waals surface area contributed by atoms with E-state index in [9.17, 15) is 4.79 Å². The highest BCUT2D eigenvalue weighted by atomic mass is 16.5. The van der Waals surface area contributed by atoms with Gasteiger partial charge in [-0.25, -0.2) is 19.7 Å². The van der Waals surface area contributed by atoms with E-state index >= 15 is 0 Å². The molecule has 8 heteroatoms. The molecule has 0 spiro atoms. The lowest BCUT2D eigenvalue weighted by molar-refractivity contribution is 0.280. The molecule has 0 bridgehead atoms. The average molecular weight is 405 g/mol. The molecule has 0 saturated heterocycles. The fourth-order valence-electron chi connectivity index (χ4n) is 3.14. The van der Waals surface area contributed by atoms with E-state index in [-0.39, 0.29) is 0 Å². The lowest BCUT2D eigenvalue weighted by Gasteiger charge is -2.10. The molecule has 0 atom stereocenters. The molecule has 1 aromatic carbocycles. The predicted octanol–water partition coefficient (Wildman–Crippen LogP) is 2.83. The number of nitrogens with zero attached hydrogens (tertiary/aromatic N) is 5. The molecule has 0 unspecified atom stereocenters. The highest BCUT2D eigenvalue weighted by Crippen LogP contribution is 2.19. The Labute approximate surface area is 173 Å². The van der Waals surface area contributed by atoms with Gasteiger partial charge in [0, 0.05) is 18.3 Å². The molecular weight excluding hydrogens is 382 g/mol. The van der Waals surface area contributed by atoms with Crippen LogP contribution in [0.3, 0.4) is 0 Å². The molecule has 0 N–H and O–H groups in total. The van der Waals surface area contributed by atoms with Gasteiger partial charge in [0.2, 0.25) is 0 Å². The summed E-state index contributed by atoms with van der Waals surface area (Å²) < 4.78 is 12.5. The van der Waals surface area contributed by atoms with Crippen molar-refractivity contribution < 1.29 is 9.15 Å². The summed E-state index contributed by atoms with van der Waals surface area (Å²) in [5, 5.41) is 0. The van der Waals surface area contributed by atoms with E-state index in [1.54, 1.807) is 30.7 Å². The summed E-state index contributed by atoms with van der Waals surface area (Å²) in [7, 11) is 4.07. The SMILES string of the molecule is CN(C)CCCOc1cnc(-c2cccc(Cn3c(=O)oc4cccnc43)c2)nc1. The Kier molecular flexibility index (Phi) is 5.85. The van der Waals surface area contributed by atoms with Crippen LogP contribution in [0.1, 0.15) is 12.0 Å². The Bertz CT molecular complexity index is 1180. The molecule has 0 aliphatic carbocycles. The molecule has 0 saturated carbocycles. The van der Waals surface area contributed by atoms with Gasteiger partial charge >= 0.3 is 5.76 Å². The van der Waals surface area contributed by atoms with Gasteiger partial charge in [-0.2, -0.15) is 0 Å². The van der Waals surface area contributed by atoms with Crippen LogP contribution in [0.15, 0.2) is 64.2 Å². The maximum atomic E-state index is 12.2. The Morgan fingerprint density at radius 2 is 1.93 bits per heavy atom. The normalized spacial score (nSPS) is 11.3. The maximum absolute atomic E-state index is 12.2. The summed E-state index contributed by atoms with van der Waals surface area (Å²) in [6.45, 7) is 1.94. The summed E-state index contributed by atoms with van der Waals surface area (Å²) in [5.41, 5.74) is 2.79. The van der Waals surface area contributed by atoms with Crippen LogP contribution in [0.2, 0.25) is 0 Å². The van der Waals surface area contributed by atoms with E-state index in [1.807, 2.05) is 38.4 Å². The molecule has 0 aliphatic rings. The van der Waals surface area contributed by atoms with Gasteiger partial charge in [0.1, 0.15) is 0 Å². The highest BCUT2D eigenvalue weighted by molar-refractivity contribution is 5.67. The smallest absolute Gasteiger partial charge is 0.421 e. The zero-order valence-electron chi connectivity index (χ0n) is 17.0. The van der Waals surface area contributed by atoms with Crippen LogP contribution in [0.25, 0.3) is 22.6 Å². The Balaban J connectivity index is 1.48. The summed E-state index contributed by atoms with van der Waals surface area (Å²) >= 11 is 0. The van der Waals surface area contributed by atoms with Crippen molar-refractivity contribution in [1.82, 2.24) is 24.4 Å². The Hall–Kier alpha value is -3.52. The van der Waals surface area contributed by atoms with Crippen LogP contribution in [0.5, 0.6) is 5.75 Å². The quantitative estimate of drug-likeness (QED) is 0.417. The summed E-state index contributed by atoms with van der Waals surface area (Å²) in [5.74, 6) is 0.817. The Morgan fingerprint density at radius 1 is 1.10 bits per heavy atom. The first-order valence-electron chi connectivity index (χ1n) is 9.73. The number of hydrogen-bond acceptors (Lipinski definition) is 7. The molecule has 30 heavy (non-hydrogen) atoms. The van der Waals surface area contributed by atoms with Gasteiger partial charge < -0.3 is 14.1 Å². The van der Waals surface area contributed by atoms with Gasteiger partial charge in [0.15, 0.2) is 22.8 Å². The summed E-state index contributed by atoms with van der Waals surface area (Å²) in [6, 6.07) is 11.2. The van der Waals surface area contributed by atoms with Crippen LogP contribution in [0, 0.1) is 0 Å². The van der Waals surface area contributed by atoms with Gasteiger partial charge in [-0.15, -0.1) is 0 Å². The number of fused-ring (bicyclic) bond motifs is 1. The number of aromatic nitrogens is 4. The molecule has 0 fully saturated rings. The maximum Gasteiger partial charge on any atom is 0.421 e. The number of rotatable bonds is 8. The number of pyridine rings is 1. The van der Waals surface area contributed by atoms with Crippen molar-refractivity contribution in [3.63, 3.8) is 0 Å². The number of ether oxygens (including phenoxy) is 1. The van der Waals surface area contributed by atoms with Crippen molar-refractivity contribution in [2.24, 2.45) is 0 Å². The molecule has 0 radical (unpaired) electrons. The molecular formula is C22H23N5O3. The highest BCUT2D eigenvalue weighted by Gasteiger charge is 2.11. The second kappa shape index (κ2) is 8.87. The zero-order chi connectivity index (χ0) is 20.9. The van der Waals surface area contributed by atoms with E-state index in [2.05, 4.69) is 19.9 Å². The van der Waals surface area contributed by atoms with Gasteiger partial charge in [-0.3, -0.25) is 4.57 Å².